The zero-order valence-electron chi connectivity index (χ0n) is 14.8. The second-order valence-corrected chi connectivity index (χ2v) is 7.37. The summed E-state index contributed by atoms with van der Waals surface area (Å²) < 4.78 is 0. The number of carbonyl (C=O) groups excluding carboxylic acids is 1. The van der Waals surface area contributed by atoms with Gasteiger partial charge in [-0.25, -0.2) is 4.79 Å². The summed E-state index contributed by atoms with van der Waals surface area (Å²) in [5, 5.41) is 6.19. The molecule has 3 atom stereocenters. The van der Waals surface area contributed by atoms with Crippen LogP contribution < -0.4 is 10.6 Å². The zero-order chi connectivity index (χ0) is 17.1. The second kappa shape index (κ2) is 7.39. The first-order valence-corrected chi connectivity index (χ1v) is 9.07. The fourth-order valence-corrected chi connectivity index (χ4v) is 4.44. The highest BCUT2D eigenvalue weighted by Gasteiger charge is 2.37. The normalized spacial score (nSPS) is 26.7. The molecule has 1 aromatic carbocycles. The number of hydrogen-bond acceptors (Lipinski definition) is 2. The Morgan fingerprint density at radius 1 is 1.21 bits per heavy atom. The van der Waals surface area contributed by atoms with Crippen LogP contribution in [-0.2, 0) is 0 Å². The summed E-state index contributed by atoms with van der Waals surface area (Å²) in [6.45, 7) is 8.95. The number of rotatable bonds is 4. The molecule has 2 bridgehead atoms. The summed E-state index contributed by atoms with van der Waals surface area (Å²) in [7, 11) is 0. The van der Waals surface area contributed by atoms with Crippen LogP contribution in [-0.4, -0.2) is 35.6 Å². The SMILES string of the molecule is C=CCN1[C@@H]2CCC[C@H]1CC(NC(=O)Nc1cc(C)cc(C)c1)C2. The van der Waals surface area contributed by atoms with Crippen LogP contribution in [0.4, 0.5) is 10.5 Å². The number of amides is 2. The molecule has 4 nitrogen and oxygen atoms in total. The monoisotopic (exact) mass is 327 g/mol. The molecular weight excluding hydrogens is 298 g/mol. The maximum absolute atomic E-state index is 12.4. The lowest BCUT2D eigenvalue weighted by Crippen LogP contribution is -2.57. The van der Waals surface area contributed by atoms with Crippen molar-refractivity contribution in [2.45, 2.75) is 64.1 Å². The van der Waals surface area contributed by atoms with Gasteiger partial charge in [-0.3, -0.25) is 4.90 Å². The molecule has 2 N–H and O–H groups in total. The first kappa shape index (κ1) is 17.0. The van der Waals surface area contributed by atoms with Gasteiger partial charge < -0.3 is 10.6 Å². The lowest BCUT2D eigenvalue weighted by atomic mass is 9.82. The van der Waals surface area contributed by atoms with E-state index < -0.39 is 0 Å². The lowest BCUT2D eigenvalue weighted by molar-refractivity contribution is 0.0375. The zero-order valence-corrected chi connectivity index (χ0v) is 14.8. The highest BCUT2D eigenvalue weighted by atomic mass is 16.2. The van der Waals surface area contributed by atoms with E-state index in [9.17, 15) is 4.79 Å². The lowest BCUT2D eigenvalue weighted by Gasteiger charge is -2.48. The molecule has 3 rings (SSSR count). The highest BCUT2D eigenvalue weighted by Crippen LogP contribution is 2.33. The van der Waals surface area contributed by atoms with Crippen molar-refractivity contribution in [2.24, 2.45) is 0 Å². The van der Waals surface area contributed by atoms with E-state index in [1.807, 2.05) is 32.1 Å². The molecule has 0 spiro atoms. The van der Waals surface area contributed by atoms with E-state index in [1.165, 1.54) is 19.3 Å². The quantitative estimate of drug-likeness (QED) is 0.821. The molecule has 1 aromatic rings. The summed E-state index contributed by atoms with van der Waals surface area (Å²) in [5.74, 6) is 0. The second-order valence-electron chi connectivity index (χ2n) is 7.37. The van der Waals surface area contributed by atoms with Crippen LogP contribution >= 0.6 is 0 Å². The van der Waals surface area contributed by atoms with E-state index in [2.05, 4.69) is 28.2 Å². The number of hydrogen-bond donors (Lipinski definition) is 2. The third-order valence-corrected chi connectivity index (χ3v) is 5.28. The van der Waals surface area contributed by atoms with Gasteiger partial charge in [0.2, 0.25) is 0 Å². The number of nitrogens with one attached hydrogen (secondary N) is 2. The Morgan fingerprint density at radius 2 is 1.83 bits per heavy atom. The maximum atomic E-state index is 12.4. The number of fused-ring (bicyclic) bond motifs is 2. The number of benzene rings is 1. The first-order valence-electron chi connectivity index (χ1n) is 9.07. The minimum absolute atomic E-state index is 0.0831. The number of urea groups is 1. The average Bonchev–Trinajstić information content (AvgIpc) is 2.47. The molecule has 1 unspecified atom stereocenters. The van der Waals surface area contributed by atoms with Crippen LogP contribution in [0.5, 0.6) is 0 Å². The van der Waals surface area contributed by atoms with Gasteiger partial charge in [-0.2, -0.15) is 0 Å². The topological polar surface area (TPSA) is 44.4 Å². The van der Waals surface area contributed by atoms with Gasteiger partial charge in [0, 0.05) is 30.4 Å². The van der Waals surface area contributed by atoms with Crippen LogP contribution in [0, 0.1) is 13.8 Å². The predicted molar refractivity (Wildman–Crippen MR) is 99.4 cm³/mol. The third kappa shape index (κ3) is 3.99. The predicted octanol–water partition coefficient (Wildman–Crippen LogP) is 4.00. The standard InChI is InChI=1S/C20H29N3O/c1-4-8-23-18-6-5-7-19(23)13-17(12-18)22-20(24)21-16-10-14(2)9-15(3)11-16/h4,9-11,17-19H,1,5-8,12-13H2,2-3H3,(H2,21,22,24)/t17?,18-,19+. The molecule has 2 fully saturated rings. The maximum Gasteiger partial charge on any atom is 0.319 e. The molecule has 2 heterocycles. The van der Waals surface area contributed by atoms with E-state index in [1.54, 1.807) is 0 Å². The van der Waals surface area contributed by atoms with Crippen molar-refractivity contribution in [3.05, 3.63) is 42.0 Å². The molecule has 2 amide bonds. The van der Waals surface area contributed by atoms with Crippen LogP contribution in [0.3, 0.4) is 0 Å². The van der Waals surface area contributed by atoms with Crippen LogP contribution in [0.15, 0.2) is 30.9 Å². The van der Waals surface area contributed by atoms with Gasteiger partial charge in [-0.15, -0.1) is 6.58 Å². The molecule has 24 heavy (non-hydrogen) atoms. The molecule has 0 aromatic heterocycles. The summed E-state index contributed by atoms with van der Waals surface area (Å²) in [6.07, 6.45) is 7.88. The summed E-state index contributed by atoms with van der Waals surface area (Å²) >= 11 is 0. The third-order valence-electron chi connectivity index (χ3n) is 5.28. The van der Waals surface area contributed by atoms with E-state index in [0.29, 0.717) is 12.1 Å². The molecule has 2 aliphatic heterocycles. The number of anilines is 1. The average molecular weight is 327 g/mol. The summed E-state index contributed by atoms with van der Waals surface area (Å²) in [5.41, 5.74) is 3.20. The van der Waals surface area contributed by atoms with Gasteiger partial charge in [0.1, 0.15) is 0 Å². The van der Waals surface area contributed by atoms with Crippen LogP contribution in [0.1, 0.15) is 43.2 Å². The van der Waals surface area contributed by atoms with E-state index in [-0.39, 0.29) is 12.1 Å². The Kier molecular flexibility index (Phi) is 5.24. The van der Waals surface area contributed by atoms with E-state index >= 15 is 0 Å². The van der Waals surface area contributed by atoms with Crippen molar-refractivity contribution in [1.82, 2.24) is 10.2 Å². The van der Waals surface area contributed by atoms with E-state index in [0.717, 1.165) is 36.2 Å². The van der Waals surface area contributed by atoms with Gasteiger partial charge >= 0.3 is 6.03 Å². The number of carbonyl (C=O) groups is 1. The Balaban J connectivity index is 1.58. The first-order chi connectivity index (χ1) is 11.5. The largest absolute Gasteiger partial charge is 0.335 e. The smallest absolute Gasteiger partial charge is 0.319 e. The van der Waals surface area contributed by atoms with Crippen LogP contribution in [0.25, 0.3) is 0 Å². The molecular formula is C20H29N3O. The van der Waals surface area contributed by atoms with Gasteiger partial charge in [-0.05, 0) is 62.8 Å². The summed E-state index contributed by atoms with van der Waals surface area (Å²) in [6, 6.07) is 7.48. The minimum Gasteiger partial charge on any atom is -0.335 e. The molecule has 2 aliphatic rings. The number of piperidine rings is 2. The van der Waals surface area contributed by atoms with Gasteiger partial charge in [0.05, 0.1) is 0 Å². The molecule has 0 saturated carbocycles. The Bertz CT molecular complexity index is 579. The summed E-state index contributed by atoms with van der Waals surface area (Å²) in [4.78, 5) is 15.0. The van der Waals surface area contributed by atoms with Crippen molar-refractivity contribution in [3.63, 3.8) is 0 Å². The van der Waals surface area contributed by atoms with Crippen molar-refractivity contribution in [1.29, 1.82) is 0 Å². The van der Waals surface area contributed by atoms with Gasteiger partial charge in [-0.1, -0.05) is 18.6 Å². The Morgan fingerprint density at radius 3 is 2.42 bits per heavy atom. The number of aryl methyl sites for hydroxylation is 2. The highest BCUT2D eigenvalue weighted by molar-refractivity contribution is 5.89. The van der Waals surface area contributed by atoms with Crippen LogP contribution in [0.2, 0.25) is 0 Å². The molecule has 4 heteroatoms. The van der Waals surface area contributed by atoms with Crippen molar-refractivity contribution >= 4 is 11.7 Å². The van der Waals surface area contributed by atoms with Gasteiger partial charge in [0.25, 0.3) is 0 Å². The van der Waals surface area contributed by atoms with Crippen molar-refractivity contribution in [3.8, 4) is 0 Å². The molecule has 0 aliphatic carbocycles. The Labute approximate surface area is 145 Å². The molecule has 2 saturated heterocycles. The number of nitrogens with zero attached hydrogens (tertiary/aromatic N) is 1. The fourth-order valence-electron chi connectivity index (χ4n) is 4.44. The van der Waals surface area contributed by atoms with E-state index in [4.69, 9.17) is 0 Å². The van der Waals surface area contributed by atoms with Crippen molar-refractivity contribution < 1.29 is 4.79 Å². The Hall–Kier alpha value is -1.81. The molecule has 0 radical (unpaired) electrons. The van der Waals surface area contributed by atoms with Crippen molar-refractivity contribution in [2.75, 3.05) is 11.9 Å². The van der Waals surface area contributed by atoms with Gasteiger partial charge in [0.15, 0.2) is 0 Å². The minimum atomic E-state index is -0.0831. The fraction of sp³-hybridized carbons (Fsp3) is 0.550. The molecule has 130 valence electrons.